The second-order valence-electron chi connectivity index (χ2n) is 9.83. The molecule has 162 valence electrons. The Kier molecular flexibility index (Phi) is 5.03. The Morgan fingerprint density at radius 2 is 1.87 bits per heavy atom. The normalized spacial score (nSPS) is 27.3. The summed E-state index contributed by atoms with van der Waals surface area (Å²) in [5, 5.41) is 0. The van der Waals surface area contributed by atoms with Crippen molar-refractivity contribution in [1.29, 1.82) is 0 Å². The van der Waals surface area contributed by atoms with E-state index in [-0.39, 0.29) is 35.8 Å². The molecule has 0 saturated carbocycles. The lowest BCUT2D eigenvalue weighted by molar-refractivity contribution is -0.139. The van der Waals surface area contributed by atoms with Crippen LogP contribution in [0.5, 0.6) is 0 Å². The largest absolute Gasteiger partial charge is 0.463 e. The lowest BCUT2D eigenvalue weighted by Gasteiger charge is -2.39. The first kappa shape index (κ1) is 20.5. The van der Waals surface area contributed by atoms with Gasteiger partial charge < -0.3 is 9.47 Å². The maximum atomic E-state index is 12.6. The van der Waals surface area contributed by atoms with Crippen molar-refractivity contribution in [3.63, 3.8) is 0 Å². The fraction of sp³-hybridized carbons (Fsp3) is 0.444. The van der Waals surface area contributed by atoms with Crippen molar-refractivity contribution in [3.05, 3.63) is 82.4 Å². The summed E-state index contributed by atoms with van der Waals surface area (Å²) >= 11 is 0. The van der Waals surface area contributed by atoms with Crippen molar-refractivity contribution in [2.24, 2.45) is 0 Å². The van der Waals surface area contributed by atoms with Crippen LogP contribution in [0, 0.1) is 0 Å². The fourth-order valence-electron chi connectivity index (χ4n) is 5.56. The predicted molar refractivity (Wildman–Crippen MR) is 121 cm³/mol. The molecule has 2 aliphatic heterocycles. The van der Waals surface area contributed by atoms with Crippen molar-refractivity contribution in [2.45, 2.75) is 70.4 Å². The molecule has 1 aliphatic carbocycles. The summed E-state index contributed by atoms with van der Waals surface area (Å²) < 4.78 is 12.0. The fourth-order valence-corrected chi connectivity index (χ4v) is 5.56. The Bertz CT molecular complexity index is 1020. The number of hydrogen-bond donors (Lipinski definition) is 0. The van der Waals surface area contributed by atoms with Crippen LogP contribution in [0.1, 0.15) is 68.5 Å². The van der Waals surface area contributed by atoms with Gasteiger partial charge in [-0.15, -0.1) is 0 Å². The smallest absolute Gasteiger partial charge is 0.333 e. The van der Waals surface area contributed by atoms with Crippen molar-refractivity contribution < 1.29 is 14.3 Å². The third kappa shape index (κ3) is 3.42. The number of rotatable bonds is 3. The number of fused-ring (bicyclic) bond motifs is 5. The van der Waals surface area contributed by atoms with Crippen LogP contribution in [0.3, 0.4) is 0 Å². The number of ether oxygens (including phenoxy) is 2. The Hall–Kier alpha value is -2.43. The highest BCUT2D eigenvalue weighted by Gasteiger charge is 2.53. The van der Waals surface area contributed by atoms with E-state index in [9.17, 15) is 4.79 Å². The molecule has 0 aromatic heterocycles. The van der Waals surface area contributed by atoms with Crippen molar-refractivity contribution in [2.75, 3.05) is 6.61 Å². The molecule has 4 nitrogen and oxygen atoms in total. The molecule has 0 amide bonds. The van der Waals surface area contributed by atoms with Gasteiger partial charge in [0.1, 0.15) is 6.23 Å². The number of benzene rings is 2. The Morgan fingerprint density at radius 1 is 1.10 bits per heavy atom. The van der Waals surface area contributed by atoms with Crippen molar-refractivity contribution in [3.8, 4) is 0 Å². The highest BCUT2D eigenvalue weighted by atomic mass is 16.5. The van der Waals surface area contributed by atoms with Gasteiger partial charge in [-0.2, -0.15) is 0 Å². The molecule has 0 N–H and O–H groups in total. The van der Waals surface area contributed by atoms with E-state index in [0.29, 0.717) is 13.0 Å². The van der Waals surface area contributed by atoms with E-state index in [1.165, 1.54) is 22.3 Å². The summed E-state index contributed by atoms with van der Waals surface area (Å²) in [4.78, 5) is 15.1. The van der Waals surface area contributed by atoms with Gasteiger partial charge in [-0.1, -0.05) is 75.4 Å². The summed E-state index contributed by atoms with van der Waals surface area (Å²) in [7, 11) is 0. The topological polar surface area (TPSA) is 38.8 Å². The van der Waals surface area contributed by atoms with E-state index in [1.807, 2.05) is 13.0 Å². The minimum atomic E-state index is -0.223. The molecule has 31 heavy (non-hydrogen) atoms. The van der Waals surface area contributed by atoms with Gasteiger partial charge in [-0.05, 0) is 34.6 Å². The molecule has 1 fully saturated rings. The van der Waals surface area contributed by atoms with E-state index >= 15 is 0 Å². The lowest BCUT2D eigenvalue weighted by Crippen LogP contribution is -2.40. The van der Waals surface area contributed by atoms with E-state index in [2.05, 4.69) is 74.2 Å². The molecule has 0 bridgehead atoms. The van der Waals surface area contributed by atoms with Gasteiger partial charge >= 0.3 is 5.97 Å². The Labute approximate surface area is 184 Å². The van der Waals surface area contributed by atoms with Gasteiger partial charge in [0, 0.05) is 18.4 Å². The van der Waals surface area contributed by atoms with Crippen LogP contribution in [0.15, 0.2) is 60.2 Å². The van der Waals surface area contributed by atoms with Gasteiger partial charge in [0.15, 0.2) is 0 Å². The minimum Gasteiger partial charge on any atom is -0.463 e. The summed E-state index contributed by atoms with van der Waals surface area (Å²) in [6.45, 7) is 9.09. The molecule has 5 rings (SSSR count). The standard InChI is InChI=1S/C27H31NO3/c1-5-30-26(29)19-14-21(17-10-7-6-8-11-17)28-23(16-19)31-22-15-18-12-9-13-20(27(2,3)4)24(18)25(22)28/h6-14,21-23,25H,5,15-16H2,1-4H3/t21-,22+,23+,25+/m0/s1. The zero-order valence-corrected chi connectivity index (χ0v) is 18.8. The Morgan fingerprint density at radius 3 is 2.58 bits per heavy atom. The SMILES string of the molecule is CCOC(=O)C1=C[C@@H](c2ccccc2)N2[C@@H](C1)O[C@@H]1Cc3cccc(C(C)(C)C)c3[C@@H]12. The highest BCUT2D eigenvalue weighted by Crippen LogP contribution is 2.53. The maximum absolute atomic E-state index is 12.6. The third-order valence-electron chi connectivity index (χ3n) is 6.81. The molecule has 3 aliphatic rings. The van der Waals surface area contributed by atoms with E-state index < -0.39 is 0 Å². The van der Waals surface area contributed by atoms with Crippen LogP contribution in [-0.2, 0) is 26.1 Å². The maximum Gasteiger partial charge on any atom is 0.333 e. The molecule has 2 heterocycles. The molecule has 0 radical (unpaired) electrons. The van der Waals surface area contributed by atoms with E-state index in [0.717, 1.165) is 12.0 Å². The minimum absolute atomic E-state index is 0.0201. The van der Waals surface area contributed by atoms with Gasteiger partial charge in [0.2, 0.25) is 0 Å². The van der Waals surface area contributed by atoms with Crippen molar-refractivity contribution in [1.82, 2.24) is 4.90 Å². The van der Waals surface area contributed by atoms with E-state index in [4.69, 9.17) is 9.47 Å². The third-order valence-corrected chi connectivity index (χ3v) is 6.81. The molecule has 4 heteroatoms. The zero-order chi connectivity index (χ0) is 21.8. The zero-order valence-electron chi connectivity index (χ0n) is 18.8. The summed E-state index contributed by atoms with van der Waals surface area (Å²) in [5.41, 5.74) is 6.18. The highest BCUT2D eigenvalue weighted by molar-refractivity contribution is 5.89. The summed E-state index contributed by atoms with van der Waals surface area (Å²) in [6.07, 6.45) is 3.60. The van der Waals surface area contributed by atoms with Gasteiger partial charge in [0.05, 0.1) is 24.8 Å². The summed E-state index contributed by atoms with van der Waals surface area (Å²) in [5.74, 6) is -0.223. The monoisotopic (exact) mass is 417 g/mol. The van der Waals surface area contributed by atoms with Crippen LogP contribution < -0.4 is 0 Å². The summed E-state index contributed by atoms with van der Waals surface area (Å²) in [6, 6.07) is 17.3. The van der Waals surface area contributed by atoms with Crippen molar-refractivity contribution >= 4 is 5.97 Å². The molecule has 2 aromatic carbocycles. The quantitative estimate of drug-likeness (QED) is 0.640. The molecule has 0 unspecified atom stereocenters. The van der Waals surface area contributed by atoms with Crippen LogP contribution in [0.2, 0.25) is 0 Å². The predicted octanol–water partition coefficient (Wildman–Crippen LogP) is 5.24. The van der Waals surface area contributed by atoms with Crippen LogP contribution in [0.25, 0.3) is 0 Å². The number of hydrogen-bond acceptors (Lipinski definition) is 4. The second-order valence-corrected chi connectivity index (χ2v) is 9.83. The second kappa shape index (κ2) is 7.61. The first-order valence-electron chi connectivity index (χ1n) is 11.4. The molecule has 1 saturated heterocycles. The van der Waals surface area contributed by atoms with Crippen LogP contribution in [-0.4, -0.2) is 29.8 Å². The molecule has 2 aromatic rings. The van der Waals surface area contributed by atoms with Gasteiger partial charge in [-0.25, -0.2) is 4.79 Å². The first-order valence-corrected chi connectivity index (χ1v) is 11.4. The van der Waals surface area contributed by atoms with Gasteiger partial charge in [-0.3, -0.25) is 4.90 Å². The number of carbonyl (C=O) groups excluding carboxylic acids is 1. The Balaban J connectivity index is 1.62. The first-order chi connectivity index (χ1) is 14.9. The number of carbonyl (C=O) groups is 1. The van der Waals surface area contributed by atoms with Gasteiger partial charge in [0.25, 0.3) is 0 Å². The van der Waals surface area contributed by atoms with Crippen LogP contribution >= 0.6 is 0 Å². The number of esters is 1. The average molecular weight is 418 g/mol. The van der Waals surface area contributed by atoms with E-state index in [1.54, 1.807) is 0 Å². The lowest BCUT2D eigenvalue weighted by atomic mass is 9.81. The average Bonchev–Trinajstić information content (AvgIpc) is 3.28. The molecular formula is C27H31NO3. The molecule has 0 spiro atoms. The van der Waals surface area contributed by atoms with Crippen LogP contribution in [0.4, 0.5) is 0 Å². The molecular weight excluding hydrogens is 386 g/mol. The molecule has 4 atom stereocenters. The number of nitrogens with zero attached hydrogens (tertiary/aromatic N) is 1.